The van der Waals surface area contributed by atoms with Crippen molar-refractivity contribution in [2.45, 2.75) is 42.7 Å². The second-order valence-electron chi connectivity index (χ2n) is 3.31. The van der Waals surface area contributed by atoms with E-state index in [1.807, 2.05) is 0 Å². The summed E-state index contributed by atoms with van der Waals surface area (Å²) in [4.78, 5) is 0.581. The first-order valence-electron chi connectivity index (χ1n) is 4.32. The topological polar surface area (TPSA) is 9.23 Å². The van der Waals surface area contributed by atoms with Crippen molar-refractivity contribution in [3.05, 3.63) is 12.2 Å². The molecule has 0 amide bonds. The number of allylic oxidation sites excluding steroid dienone is 1. The standard InChI is InChI=1S/C9H13BrO/c10-8-4-2-1-3-7-5-6-9(8)11-7/h1,3,7-9H,2,4-6H2/b3-1-. The van der Waals surface area contributed by atoms with E-state index >= 15 is 0 Å². The highest BCUT2D eigenvalue weighted by atomic mass is 79.9. The van der Waals surface area contributed by atoms with Crippen molar-refractivity contribution in [1.82, 2.24) is 0 Å². The van der Waals surface area contributed by atoms with E-state index in [-0.39, 0.29) is 0 Å². The van der Waals surface area contributed by atoms with Crippen molar-refractivity contribution >= 4 is 15.9 Å². The molecule has 2 aliphatic rings. The number of ether oxygens (including phenoxy) is 1. The average Bonchev–Trinajstić information content (AvgIpc) is 2.44. The van der Waals surface area contributed by atoms with Crippen molar-refractivity contribution in [2.75, 3.05) is 0 Å². The Labute approximate surface area is 75.9 Å². The Hall–Kier alpha value is 0.180. The highest BCUT2D eigenvalue weighted by molar-refractivity contribution is 9.09. The number of hydrogen-bond acceptors (Lipinski definition) is 1. The minimum atomic E-state index is 0.417. The number of alkyl halides is 1. The molecule has 0 saturated carbocycles. The zero-order chi connectivity index (χ0) is 7.68. The van der Waals surface area contributed by atoms with E-state index in [9.17, 15) is 0 Å². The van der Waals surface area contributed by atoms with E-state index in [1.165, 1.54) is 25.7 Å². The molecule has 0 aliphatic carbocycles. The van der Waals surface area contributed by atoms with E-state index in [0.717, 1.165) is 0 Å². The van der Waals surface area contributed by atoms with Crippen LogP contribution in [0.1, 0.15) is 25.7 Å². The van der Waals surface area contributed by atoms with Gasteiger partial charge in [0.1, 0.15) is 0 Å². The van der Waals surface area contributed by atoms with Gasteiger partial charge in [0.25, 0.3) is 0 Å². The Bertz CT molecular complexity index is 167. The lowest BCUT2D eigenvalue weighted by molar-refractivity contribution is 0.0674. The Balaban J connectivity index is 2.08. The van der Waals surface area contributed by atoms with Crippen LogP contribution in [0.3, 0.4) is 0 Å². The number of rotatable bonds is 0. The van der Waals surface area contributed by atoms with Crippen LogP contribution >= 0.6 is 15.9 Å². The third-order valence-electron chi connectivity index (χ3n) is 2.45. The molecule has 11 heavy (non-hydrogen) atoms. The summed E-state index contributed by atoms with van der Waals surface area (Å²) >= 11 is 3.67. The van der Waals surface area contributed by atoms with Crippen LogP contribution in [0, 0.1) is 0 Å². The monoisotopic (exact) mass is 216 g/mol. The van der Waals surface area contributed by atoms with Crippen molar-refractivity contribution in [3.63, 3.8) is 0 Å². The molecule has 0 radical (unpaired) electrons. The molecule has 2 heterocycles. The maximum Gasteiger partial charge on any atom is 0.0761 e. The Morgan fingerprint density at radius 3 is 3.09 bits per heavy atom. The molecule has 1 nitrogen and oxygen atoms in total. The zero-order valence-corrected chi connectivity index (χ0v) is 8.09. The summed E-state index contributed by atoms with van der Waals surface area (Å²) in [7, 11) is 0. The van der Waals surface area contributed by atoms with Gasteiger partial charge in [-0.1, -0.05) is 28.1 Å². The van der Waals surface area contributed by atoms with Gasteiger partial charge in [-0.2, -0.15) is 0 Å². The fourth-order valence-corrected chi connectivity index (χ4v) is 2.44. The van der Waals surface area contributed by atoms with E-state index in [2.05, 4.69) is 28.1 Å². The summed E-state index contributed by atoms with van der Waals surface area (Å²) in [6.07, 6.45) is 10.2. The summed E-state index contributed by atoms with van der Waals surface area (Å²) in [6.45, 7) is 0. The lowest BCUT2D eigenvalue weighted by Crippen LogP contribution is -2.21. The number of fused-ring (bicyclic) bond motifs is 2. The van der Waals surface area contributed by atoms with Gasteiger partial charge in [-0.25, -0.2) is 0 Å². The quantitative estimate of drug-likeness (QED) is 0.447. The fourth-order valence-electron chi connectivity index (χ4n) is 1.79. The lowest BCUT2D eigenvalue weighted by atomic mass is 10.1. The summed E-state index contributed by atoms with van der Waals surface area (Å²) in [5.74, 6) is 0. The molecular formula is C9H13BrO. The molecular weight excluding hydrogens is 204 g/mol. The van der Waals surface area contributed by atoms with Gasteiger partial charge in [0.15, 0.2) is 0 Å². The summed E-state index contributed by atoms with van der Waals surface area (Å²) in [6, 6.07) is 0. The van der Waals surface area contributed by atoms with Crippen LogP contribution in [0.25, 0.3) is 0 Å². The molecule has 3 atom stereocenters. The van der Waals surface area contributed by atoms with Gasteiger partial charge in [-0.05, 0) is 25.7 Å². The third kappa shape index (κ3) is 1.67. The third-order valence-corrected chi connectivity index (χ3v) is 3.50. The molecule has 2 heteroatoms. The minimum Gasteiger partial charge on any atom is -0.370 e. The maximum absolute atomic E-state index is 5.78. The number of halogens is 1. The fraction of sp³-hybridized carbons (Fsp3) is 0.778. The van der Waals surface area contributed by atoms with E-state index in [0.29, 0.717) is 17.0 Å². The highest BCUT2D eigenvalue weighted by Crippen LogP contribution is 2.30. The van der Waals surface area contributed by atoms with Gasteiger partial charge in [0.05, 0.1) is 12.2 Å². The van der Waals surface area contributed by atoms with Crippen LogP contribution in [0.4, 0.5) is 0 Å². The van der Waals surface area contributed by atoms with E-state index in [4.69, 9.17) is 4.74 Å². The largest absolute Gasteiger partial charge is 0.370 e. The van der Waals surface area contributed by atoms with Crippen LogP contribution in [0.2, 0.25) is 0 Å². The number of hydrogen-bond donors (Lipinski definition) is 0. The molecule has 2 aliphatic heterocycles. The molecule has 0 aromatic rings. The second kappa shape index (κ2) is 3.28. The molecule has 0 aromatic carbocycles. The summed E-state index contributed by atoms with van der Waals surface area (Å²) in [5.41, 5.74) is 0. The van der Waals surface area contributed by atoms with Gasteiger partial charge < -0.3 is 4.74 Å². The van der Waals surface area contributed by atoms with Crippen LogP contribution in [-0.4, -0.2) is 17.0 Å². The molecule has 0 aromatic heterocycles. The second-order valence-corrected chi connectivity index (χ2v) is 4.49. The van der Waals surface area contributed by atoms with Crippen molar-refractivity contribution in [1.29, 1.82) is 0 Å². The molecule has 0 N–H and O–H groups in total. The highest BCUT2D eigenvalue weighted by Gasteiger charge is 2.29. The van der Waals surface area contributed by atoms with Crippen LogP contribution in [0.5, 0.6) is 0 Å². The first-order valence-corrected chi connectivity index (χ1v) is 5.24. The molecule has 62 valence electrons. The predicted molar refractivity (Wildman–Crippen MR) is 49.0 cm³/mol. The molecule has 3 unspecified atom stereocenters. The van der Waals surface area contributed by atoms with E-state index < -0.39 is 0 Å². The molecule has 0 spiro atoms. The minimum absolute atomic E-state index is 0.417. The molecule has 1 fully saturated rings. The van der Waals surface area contributed by atoms with Gasteiger partial charge in [0, 0.05) is 4.83 Å². The van der Waals surface area contributed by atoms with Gasteiger partial charge in [0.2, 0.25) is 0 Å². The molecule has 1 saturated heterocycles. The average molecular weight is 217 g/mol. The van der Waals surface area contributed by atoms with Gasteiger partial charge in [-0.3, -0.25) is 0 Å². The summed E-state index contributed by atoms with van der Waals surface area (Å²) in [5, 5.41) is 0. The van der Waals surface area contributed by atoms with Gasteiger partial charge in [-0.15, -0.1) is 0 Å². The maximum atomic E-state index is 5.78. The van der Waals surface area contributed by atoms with Crippen molar-refractivity contribution < 1.29 is 4.74 Å². The van der Waals surface area contributed by atoms with Crippen molar-refractivity contribution in [2.24, 2.45) is 0 Å². The van der Waals surface area contributed by atoms with Crippen LogP contribution in [0.15, 0.2) is 12.2 Å². The normalized spacial score (nSPS) is 46.5. The first kappa shape index (κ1) is 7.81. The van der Waals surface area contributed by atoms with Gasteiger partial charge >= 0.3 is 0 Å². The molecule has 2 rings (SSSR count). The zero-order valence-electron chi connectivity index (χ0n) is 6.50. The van der Waals surface area contributed by atoms with Crippen LogP contribution < -0.4 is 0 Å². The Morgan fingerprint density at radius 2 is 2.18 bits per heavy atom. The van der Waals surface area contributed by atoms with E-state index in [1.54, 1.807) is 0 Å². The Kier molecular flexibility index (Phi) is 2.33. The predicted octanol–water partition coefficient (Wildman–Crippen LogP) is 2.65. The first-order chi connectivity index (χ1) is 5.36. The lowest BCUT2D eigenvalue weighted by Gasteiger charge is -2.19. The van der Waals surface area contributed by atoms with Crippen molar-refractivity contribution in [3.8, 4) is 0 Å². The smallest absolute Gasteiger partial charge is 0.0761 e. The summed E-state index contributed by atoms with van der Waals surface area (Å²) < 4.78 is 5.78. The SMILES string of the molecule is BrC1CC/C=C\C2CCC1O2. The van der Waals surface area contributed by atoms with Crippen LogP contribution in [-0.2, 0) is 4.74 Å². The molecule has 2 bridgehead atoms. The Morgan fingerprint density at radius 1 is 1.27 bits per heavy atom.